The minimum atomic E-state index is 0. The molecule has 0 N–H and O–H groups in total. The van der Waals surface area contributed by atoms with E-state index in [1.165, 1.54) is 0 Å². The number of hydrogen-bond donors (Lipinski definition) is 0. The van der Waals surface area contributed by atoms with E-state index in [1.54, 1.807) is 0 Å². The number of hydrogen-bond acceptors (Lipinski definition) is 0. The van der Waals surface area contributed by atoms with Crippen LogP contribution in [-0.4, -0.2) is 16.8 Å². The average molecular weight is 390 g/mol. The third-order valence-electron chi connectivity index (χ3n) is 1.11. The van der Waals surface area contributed by atoms with Gasteiger partial charge in [0.05, 0.1) is 0 Å². The summed E-state index contributed by atoms with van der Waals surface area (Å²) in [5.41, 5.74) is 0. The summed E-state index contributed by atoms with van der Waals surface area (Å²) in [6, 6.07) is 20.0. The van der Waals surface area contributed by atoms with Crippen LogP contribution >= 0.6 is 0 Å². The van der Waals surface area contributed by atoms with Crippen LogP contribution in [0.3, 0.4) is 0 Å². The molecule has 0 aliphatic carbocycles. The fraction of sp³-hybridized carbons (Fsp3) is 0. The monoisotopic (exact) mass is 390 g/mol. The van der Waals surface area contributed by atoms with Gasteiger partial charge in [-0.1, -0.05) is 0 Å². The van der Waals surface area contributed by atoms with Gasteiger partial charge in [-0.05, 0) is 0 Å². The Hall–Kier alpha value is -0.118. The van der Waals surface area contributed by atoms with Crippen molar-refractivity contribution in [1.29, 1.82) is 0 Å². The second-order valence-electron chi connectivity index (χ2n) is 1.92. The number of rotatable bonds is 0. The van der Waals surface area contributed by atoms with Crippen molar-refractivity contribution in [3.63, 3.8) is 0 Å². The van der Waals surface area contributed by atoms with E-state index in [-0.39, 0.29) is 47.9 Å². The smallest absolute Gasteiger partial charge is 1.00 e. The largest absolute Gasteiger partial charge is 4.00 e. The Kier molecular flexibility index (Phi) is 20.6. The summed E-state index contributed by atoms with van der Waals surface area (Å²) < 4.78 is 0. The van der Waals surface area contributed by atoms with Crippen LogP contribution in [0.4, 0.5) is 0 Å². The van der Waals surface area contributed by atoms with Crippen LogP contribution in [0.1, 0.15) is 0 Å². The van der Waals surface area contributed by atoms with Gasteiger partial charge < -0.3 is 16.8 Å². The Labute approximate surface area is 108 Å². The molecule has 0 bridgehead atoms. The SMILES string of the molecule is [B-].[B-].[U+4].c1cc[cH-]c1.c1cc[cH-]c1. The van der Waals surface area contributed by atoms with Crippen LogP contribution in [0.25, 0.3) is 0 Å². The zero-order chi connectivity index (χ0) is 7.07. The van der Waals surface area contributed by atoms with Crippen LogP contribution in [0.15, 0.2) is 60.7 Å². The van der Waals surface area contributed by atoms with Crippen molar-refractivity contribution in [1.82, 2.24) is 0 Å². The van der Waals surface area contributed by atoms with E-state index in [2.05, 4.69) is 0 Å². The summed E-state index contributed by atoms with van der Waals surface area (Å²) in [5.74, 6) is 0. The molecule has 0 saturated heterocycles. The molecule has 0 saturated carbocycles. The predicted molar refractivity (Wildman–Crippen MR) is 55.6 cm³/mol. The Morgan fingerprint density at radius 2 is 0.769 bits per heavy atom. The van der Waals surface area contributed by atoms with Gasteiger partial charge in [-0.15, -0.1) is 0 Å². The molecule has 3 heteroatoms. The van der Waals surface area contributed by atoms with Crippen molar-refractivity contribution < 1.29 is 31.1 Å². The molecule has 0 aliphatic heterocycles. The second kappa shape index (κ2) is 14.4. The molecule has 8 radical (unpaired) electrons. The normalized spacial score (nSPS) is 6.15. The predicted octanol–water partition coefficient (Wildman–Crippen LogP) is 2.05. The minimum Gasteiger partial charge on any atom is -1.00 e. The molecule has 0 fully saturated rings. The van der Waals surface area contributed by atoms with Crippen molar-refractivity contribution in [2.24, 2.45) is 0 Å². The molecule has 0 unspecified atom stereocenters. The Morgan fingerprint density at radius 1 is 0.538 bits per heavy atom. The molecule has 2 aromatic carbocycles. The van der Waals surface area contributed by atoms with Crippen LogP contribution in [0.2, 0.25) is 0 Å². The molecule has 0 aliphatic rings. The fourth-order valence-corrected chi connectivity index (χ4v) is 0.642. The van der Waals surface area contributed by atoms with Gasteiger partial charge in [0.1, 0.15) is 0 Å². The molecule has 2 aromatic rings. The van der Waals surface area contributed by atoms with E-state index in [0.717, 1.165) is 0 Å². The Morgan fingerprint density at radius 3 is 0.846 bits per heavy atom. The molecule has 13 heavy (non-hydrogen) atoms. The standard InChI is InChI=1S/2C5H5.2B.U/c2*1-2-4-5-3-1;;;/h2*1-5H;;;/q4*-1;+4. The average Bonchev–Trinajstić information content (AvgIpc) is 2.67. The molecule has 60 valence electrons. The zero-order valence-corrected chi connectivity index (χ0v) is 11.6. The fourth-order valence-electron chi connectivity index (χ4n) is 0.642. The van der Waals surface area contributed by atoms with Gasteiger partial charge in [-0.2, -0.15) is 36.4 Å². The first-order chi connectivity index (χ1) is 5.00. The summed E-state index contributed by atoms with van der Waals surface area (Å²) in [5, 5.41) is 0. The molecule has 0 nitrogen and oxygen atoms in total. The third-order valence-corrected chi connectivity index (χ3v) is 1.11. The van der Waals surface area contributed by atoms with Crippen LogP contribution in [0, 0.1) is 31.1 Å². The Bertz CT molecular complexity index is 152. The van der Waals surface area contributed by atoms with Crippen LogP contribution in [-0.2, 0) is 0 Å². The van der Waals surface area contributed by atoms with Gasteiger partial charge in [0.15, 0.2) is 0 Å². The van der Waals surface area contributed by atoms with Crippen LogP contribution in [0.5, 0.6) is 0 Å². The molecule has 0 amide bonds. The maximum Gasteiger partial charge on any atom is 4.00 e. The van der Waals surface area contributed by atoms with Crippen molar-refractivity contribution in [3.8, 4) is 0 Å². The summed E-state index contributed by atoms with van der Waals surface area (Å²) in [7, 11) is 0. The summed E-state index contributed by atoms with van der Waals surface area (Å²) in [6.45, 7) is 0. The molecule has 0 spiro atoms. The van der Waals surface area contributed by atoms with E-state index >= 15 is 0 Å². The zero-order valence-electron chi connectivity index (χ0n) is 7.43. The quantitative estimate of drug-likeness (QED) is 0.478. The maximum atomic E-state index is 2.00. The first-order valence-electron chi connectivity index (χ1n) is 3.33. The van der Waals surface area contributed by atoms with Crippen molar-refractivity contribution in [2.75, 3.05) is 0 Å². The van der Waals surface area contributed by atoms with E-state index in [9.17, 15) is 0 Å². The Balaban J connectivity index is -0.000000125. The molecule has 2 rings (SSSR count). The minimum absolute atomic E-state index is 0. The van der Waals surface area contributed by atoms with Gasteiger partial charge in [-0.3, -0.25) is 0 Å². The van der Waals surface area contributed by atoms with E-state index < -0.39 is 0 Å². The third kappa shape index (κ3) is 11.9. The van der Waals surface area contributed by atoms with Gasteiger partial charge in [0, 0.05) is 0 Å². The van der Waals surface area contributed by atoms with Gasteiger partial charge >= 0.3 is 31.1 Å². The van der Waals surface area contributed by atoms with Gasteiger partial charge in [-0.25, -0.2) is 24.3 Å². The maximum absolute atomic E-state index is 2.00. The van der Waals surface area contributed by atoms with Crippen molar-refractivity contribution in [2.45, 2.75) is 0 Å². The summed E-state index contributed by atoms with van der Waals surface area (Å²) in [6.07, 6.45) is 0. The second-order valence-corrected chi connectivity index (χ2v) is 1.92. The topological polar surface area (TPSA) is 0 Å². The first-order valence-corrected chi connectivity index (χ1v) is 3.33. The summed E-state index contributed by atoms with van der Waals surface area (Å²) in [4.78, 5) is 0. The molecular formula is C10H10B2U. The first kappa shape index (κ1) is 18.6. The van der Waals surface area contributed by atoms with E-state index in [1.807, 2.05) is 60.7 Å². The molecule has 0 aromatic heterocycles. The van der Waals surface area contributed by atoms with E-state index in [0.29, 0.717) is 0 Å². The molecular weight excluding hydrogens is 380 g/mol. The van der Waals surface area contributed by atoms with Crippen molar-refractivity contribution in [3.05, 3.63) is 60.7 Å². The molecule has 0 atom stereocenters. The van der Waals surface area contributed by atoms with Crippen molar-refractivity contribution >= 4 is 16.8 Å². The summed E-state index contributed by atoms with van der Waals surface area (Å²) >= 11 is 0. The van der Waals surface area contributed by atoms with Crippen LogP contribution < -0.4 is 0 Å². The van der Waals surface area contributed by atoms with Gasteiger partial charge in [0.25, 0.3) is 0 Å². The molecule has 0 heterocycles. The van der Waals surface area contributed by atoms with E-state index in [4.69, 9.17) is 0 Å². The van der Waals surface area contributed by atoms with Gasteiger partial charge in [0.2, 0.25) is 0 Å².